The predicted molar refractivity (Wildman–Crippen MR) is 74.1 cm³/mol. The maximum absolute atomic E-state index is 7.57. The molecule has 0 fully saturated rings. The Morgan fingerprint density at radius 3 is 2.50 bits per heavy atom. The summed E-state index contributed by atoms with van der Waals surface area (Å²) in [5, 5.41) is 7.57. The van der Waals surface area contributed by atoms with Crippen LogP contribution in [0, 0.1) is 5.41 Å². The van der Waals surface area contributed by atoms with E-state index in [1.54, 1.807) is 12.4 Å². The molecule has 0 amide bonds. The van der Waals surface area contributed by atoms with Gasteiger partial charge in [0.2, 0.25) is 0 Å². The third kappa shape index (κ3) is 3.40. The average Bonchev–Trinajstić information content (AvgIpc) is 2.29. The molecular weight excluding hydrogens is 228 g/mol. The summed E-state index contributed by atoms with van der Waals surface area (Å²) in [6, 6.07) is 0.278. The number of anilines is 1. The largest absolute Gasteiger partial charge is 0.382 e. The smallest absolute Gasteiger partial charge is 0.158 e. The number of nitrogens with one attached hydrogen (secondary N) is 1. The van der Waals surface area contributed by atoms with E-state index in [2.05, 4.69) is 33.6 Å². The van der Waals surface area contributed by atoms with Crippen molar-refractivity contribution in [2.45, 2.75) is 19.9 Å². The van der Waals surface area contributed by atoms with E-state index in [1.165, 1.54) is 0 Å². The highest BCUT2D eigenvalue weighted by Gasteiger charge is 2.19. The summed E-state index contributed by atoms with van der Waals surface area (Å²) in [4.78, 5) is 12.7. The predicted octanol–water partition coefficient (Wildman–Crippen LogP) is 0.537. The number of nitrogens with two attached hydrogens (primary N) is 1. The molecule has 3 N–H and O–H groups in total. The Kier molecular flexibility index (Phi) is 5.03. The monoisotopic (exact) mass is 250 g/mol. The molecule has 0 aliphatic heterocycles. The molecule has 1 aromatic rings. The van der Waals surface area contributed by atoms with Crippen LogP contribution < -0.4 is 10.6 Å². The minimum absolute atomic E-state index is 0.0476. The lowest BCUT2D eigenvalue weighted by Gasteiger charge is -2.31. The molecule has 6 nitrogen and oxygen atoms in total. The molecule has 0 bridgehead atoms. The summed E-state index contributed by atoms with van der Waals surface area (Å²) in [6.45, 7) is 5.89. The van der Waals surface area contributed by atoms with Crippen molar-refractivity contribution >= 4 is 11.7 Å². The molecule has 1 aromatic heterocycles. The van der Waals surface area contributed by atoms with Gasteiger partial charge in [-0.1, -0.05) is 0 Å². The van der Waals surface area contributed by atoms with Crippen LogP contribution in [0.2, 0.25) is 0 Å². The average molecular weight is 250 g/mol. The van der Waals surface area contributed by atoms with Gasteiger partial charge >= 0.3 is 0 Å². The normalized spacial score (nSPS) is 12.5. The standard InChI is InChI=1S/C12H22N6/c1-5-18(9(2)8-17(3)4)12-10(11(13)14)15-6-7-16-12/h6-7,9H,5,8H2,1-4H3,(H3,13,14). The molecule has 1 heterocycles. The molecule has 6 heteroatoms. The zero-order valence-corrected chi connectivity index (χ0v) is 11.5. The van der Waals surface area contributed by atoms with E-state index in [0.29, 0.717) is 11.5 Å². The quantitative estimate of drug-likeness (QED) is 0.569. The third-order valence-corrected chi connectivity index (χ3v) is 2.71. The van der Waals surface area contributed by atoms with Gasteiger partial charge in [0.1, 0.15) is 11.5 Å². The topological polar surface area (TPSA) is 82.1 Å². The van der Waals surface area contributed by atoms with Gasteiger partial charge in [-0.15, -0.1) is 0 Å². The van der Waals surface area contributed by atoms with Gasteiger partial charge in [-0.2, -0.15) is 0 Å². The maximum Gasteiger partial charge on any atom is 0.158 e. The lowest BCUT2D eigenvalue weighted by atomic mass is 10.2. The SMILES string of the molecule is CCN(c1nccnc1C(=N)N)C(C)CN(C)C. The van der Waals surface area contributed by atoms with Crippen molar-refractivity contribution in [1.29, 1.82) is 5.41 Å². The number of hydrogen-bond donors (Lipinski definition) is 2. The number of likely N-dealkylation sites (N-methyl/N-ethyl adjacent to an activating group) is 2. The van der Waals surface area contributed by atoms with Gasteiger partial charge in [0.25, 0.3) is 0 Å². The van der Waals surface area contributed by atoms with Gasteiger partial charge in [-0.3, -0.25) is 5.41 Å². The first-order chi connectivity index (χ1) is 8.47. The highest BCUT2D eigenvalue weighted by molar-refractivity contribution is 5.97. The van der Waals surface area contributed by atoms with Crippen molar-refractivity contribution in [2.24, 2.45) is 5.73 Å². The molecule has 1 unspecified atom stereocenters. The van der Waals surface area contributed by atoms with Crippen LogP contribution in [-0.4, -0.2) is 53.9 Å². The second-order valence-electron chi connectivity index (χ2n) is 4.54. The lowest BCUT2D eigenvalue weighted by molar-refractivity contribution is 0.372. The van der Waals surface area contributed by atoms with E-state index in [-0.39, 0.29) is 11.9 Å². The van der Waals surface area contributed by atoms with E-state index in [1.807, 2.05) is 14.1 Å². The number of nitrogen functional groups attached to an aromatic ring is 1. The van der Waals surface area contributed by atoms with Gasteiger partial charge in [-0.05, 0) is 27.9 Å². The van der Waals surface area contributed by atoms with Crippen LogP contribution in [0.15, 0.2) is 12.4 Å². The van der Waals surface area contributed by atoms with Crippen LogP contribution in [-0.2, 0) is 0 Å². The van der Waals surface area contributed by atoms with Crippen LogP contribution in [0.5, 0.6) is 0 Å². The molecule has 18 heavy (non-hydrogen) atoms. The summed E-state index contributed by atoms with van der Waals surface area (Å²) < 4.78 is 0. The first-order valence-corrected chi connectivity index (χ1v) is 6.04. The van der Waals surface area contributed by atoms with E-state index in [0.717, 1.165) is 13.1 Å². The molecular formula is C12H22N6. The Morgan fingerprint density at radius 1 is 1.39 bits per heavy atom. The Balaban J connectivity index is 3.05. The summed E-state index contributed by atoms with van der Waals surface area (Å²) in [7, 11) is 4.07. The van der Waals surface area contributed by atoms with E-state index in [9.17, 15) is 0 Å². The fourth-order valence-corrected chi connectivity index (χ4v) is 2.03. The Labute approximate surface area is 108 Å². The second kappa shape index (κ2) is 6.30. The molecule has 100 valence electrons. The zero-order valence-electron chi connectivity index (χ0n) is 11.5. The van der Waals surface area contributed by atoms with Gasteiger partial charge in [-0.25, -0.2) is 9.97 Å². The third-order valence-electron chi connectivity index (χ3n) is 2.71. The number of rotatable bonds is 6. The number of amidine groups is 1. The van der Waals surface area contributed by atoms with E-state index < -0.39 is 0 Å². The lowest BCUT2D eigenvalue weighted by Crippen LogP contribution is -2.41. The zero-order chi connectivity index (χ0) is 13.7. The molecule has 0 spiro atoms. The minimum Gasteiger partial charge on any atom is -0.382 e. The van der Waals surface area contributed by atoms with E-state index in [4.69, 9.17) is 11.1 Å². The molecule has 1 atom stereocenters. The number of hydrogen-bond acceptors (Lipinski definition) is 5. The summed E-state index contributed by atoms with van der Waals surface area (Å²) >= 11 is 0. The summed E-state index contributed by atoms with van der Waals surface area (Å²) in [5.41, 5.74) is 6.00. The van der Waals surface area contributed by atoms with Crippen LogP contribution in [0.3, 0.4) is 0 Å². The molecule has 0 aliphatic carbocycles. The van der Waals surface area contributed by atoms with Gasteiger partial charge in [0, 0.05) is 31.5 Å². The molecule has 0 radical (unpaired) electrons. The van der Waals surface area contributed by atoms with Crippen LogP contribution in [0.25, 0.3) is 0 Å². The van der Waals surface area contributed by atoms with Gasteiger partial charge in [0.15, 0.2) is 5.82 Å². The fourth-order valence-electron chi connectivity index (χ4n) is 2.03. The number of nitrogens with zero attached hydrogens (tertiary/aromatic N) is 4. The minimum atomic E-state index is -0.0476. The first kappa shape index (κ1) is 14.4. The Bertz CT molecular complexity index is 403. The van der Waals surface area contributed by atoms with Crippen molar-refractivity contribution in [1.82, 2.24) is 14.9 Å². The van der Waals surface area contributed by atoms with Gasteiger partial charge < -0.3 is 15.5 Å². The van der Waals surface area contributed by atoms with Crippen LogP contribution in [0.1, 0.15) is 19.5 Å². The molecule has 0 saturated carbocycles. The van der Waals surface area contributed by atoms with Crippen molar-refractivity contribution in [3.63, 3.8) is 0 Å². The van der Waals surface area contributed by atoms with Gasteiger partial charge in [0.05, 0.1) is 0 Å². The first-order valence-electron chi connectivity index (χ1n) is 6.04. The van der Waals surface area contributed by atoms with E-state index >= 15 is 0 Å². The summed E-state index contributed by atoms with van der Waals surface area (Å²) in [6.07, 6.45) is 3.19. The fraction of sp³-hybridized carbons (Fsp3) is 0.583. The Hall–Kier alpha value is -1.69. The van der Waals surface area contributed by atoms with Crippen LogP contribution >= 0.6 is 0 Å². The summed E-state index contributed by atoms with van der Waals surface area (Å²) in [5.74, 6) is 0.635. The highest BCUT2D eigenvalue weighted by Crippen LogP contribution is 2.17. The van der Waals surface area contributed by atoms with Crippen LogP contribution in [0.4, 0.5) is 5.82 Å². The van der Waals surface area contributed by atoms with Crippen molar-refractivity contribution in [3.05, 3.63) is 18.1 Å². The molecule has 0 saturated heterocycles. The molecule has 0 aromatic carbocycles. The maximum atomic E-state index is 7.57. The van der Waals surface area contributed by atoms with Crippen molar-refractivity contribution < 1.29 is 0 Å². The highest BCUT2D eigenvalue weighted by atomic mass is 15.2. The van der Waals surface area contributed by atoms with Crippen molar-refractivity contribution in [2.75, 3.05) is 32.1 Å². The second-order valence-corrected chi connectivity index (χ2v) is 4.54. The molecule has 0 aliphatic rings. The van der Waals surface area contributed by atoms with Crippen molar-refractivity contribution in [3.8, 4) is 0 Å². The Morgan fingerprint density at radius 2 is 2.00 bits per heavy atom. The molecule has 1 rings (SSSR count). The number of aromatic nitrogens is 2.